The Hall–Kier alpha value is -1.60. The summed E-state index contributed by atoms with van der Waals surface area (Å²) in [5.74, 6) is -0.392. The van der Waals surface area contributed by atoms with Crippen LogP contribution in [-0.2, 0) is 14.6 Å². The highest BCUT2D eigenvalue weighted by atomic mass is 32.2. The quantitative estimate of drug-likeness (QED) is 0.804. The van der Waals surface area contributed by atoms with Gasteiger partial charge in [-0.3, -0.25) is 9.69 Å². The van der Waals surface area contributed by atoms with E-state index in [0.29, 0.717) is 5.69 Å². The van der Waals surface area contributed by atoms with E-state index < -0.39 is 9.84 Å². The molecule has 0 unspecified atom stereocenters. The second-order valence-corrected chi connectivity index (χ2v) is 10.0. The molecule has 2 aliphatic rings. The summed E-state index contributed by atoms with van der Waals surface area (Å²) in [7, 11) is -3.12. The van der Waals surface area contributed by atoms with Crippen molar-refractivity contribution in [3.8, 4) is 0 Å². The van der Waals surface area contributed by atoms with Gasteiger partial charge in [-0.05, 0) is 37.1 Å². The summed E-state index contributed by atoms with van der Waals surface area (Å²) < 4.78 is 22.3. The first kappa shape index (κ1) is 20.1. The minimum Gasteiger partial charge on any atom is -0.369 e. The average molecular weight is 394 g/mol. The monoisotopic (exact) mass is 393 g/mol. The molecule has 1 aliphatic heterocycles. The first-order valence-electron chi connectivity index (χ1n) is 9.97. The molecule has 0 radical (unpaired) electrons. The van der Waals surface area contributed by atoms with Gasteiger partial charge in [0.1, 0.15) is 9.84 Å². The Morgan fingerprint density at radius 3 is 2.26 bits per heavy atom. The maximum Gasteiger partial charge on any atom is 0.225 e. The van der Waals surface area contributed by atoms with Crippen LogP contribution in [0.4, 0.5) is 11.4 Å². The van der Waals surface area contributed by atoms with Crippen molar-refractivity contribution in [2.24, 2.45) is 0 Å². The molecule has 2 fully saturated rings. The first-order chi connectivity index (χ1) is 12.9. The highest BCUT2D eigenvalue weighted by molar-refractivity contribution is 7.90. The Bertz CT molecular complexity index is 719. The van der Waals surface area contributed by atoms with Gasteiger partial charge in [-0.15, -0.1) is 0 Å². The molecular weight excluding hydrogens is 362 g/mol. The molecule has 1 aromatic carbocycles. The summed E-state index contributed by atoms with van der Waals surface area (Å²) in [6.45, 7) is 4.32. The second kappa shape index (κ2) is 9.06. The molecular formula is C20H31N3O3S. The molecule has 1 aliphatic carbocycles. The highest BCUT2D eigenvalue weighted by Gasteiger charge is 2.25. The van der Waals surface area contributed by atoms with E-state index in [1.54, 1.807) is 0 Å². The van der Waals surface area contributed by atoms with Crippen LogP contribution in [0, 0.1) is 0 Å². The number of nitrogens with one attached hydrogen (secondary N) is 1. The number of benzene rings is 1. The Labute approximate surface area is 162 Å². The van der Waals surface area contributed by atoms with E-state index in [-0.39, 0.29) is 18.1 Å². The van der Waals surface area contributed by atoms with Gasteiger partial charge in [0.05, 0.1) is 5.75 Å². The molecule has 1 aromatic rings. The number of hydrogen-bond acceptors (Lipinski definition) is 5. The summed E-state index contributed by atoms with van der Waals surface area (Å²) in [5, 5.41) is 2.76. The maximum absolute atomic E-state index is 11.8. The molecule has 1 N–H and O–H groups in total. The van der Waals surface area contributed by atoms with Crippen molar-refractivity contribution in [1.29, 1.82) is 0 Å². The summed E-state index contributed by atoms with van der Waals surface area (Å²) in [6.07, 6.45) is 7.99. The number of hydrogen-bond donors (Lipinski definition) is 1. The normalized spacial score (nSPS) is 19.8. The number of carbonyl (C=O) groups is 1. The number of rotatable bonds is 6. The van der Waals surface area contributed by atoms with Crippen LogP contribution in [-0.4, -0.2) is 63.5 Å². The van der Waals surface area contributed by atoms with E-state index in [1.807, 2.05) is 24.3 Å². The van der Waals surface area contributed by atoms with Crippen molar-refractivity contribution in [2.75, 3.05) is 48.4 Å². The molecule has 27 heavy (non-hydrogen) atoms. The van der Waals surface area contributed by atoms with Gasteiger partial charge in [0, 0.05) is 56.3 Å². The Kier molecular flexibility index (Phi) is 6.76. The van der Waals surface area contributed by atoms with E-state index in [1.165, 1.54) is 37.8 Å². The Balaban J connectivity index is 1.47. The fourth-order valence-electron chi connectivity index (χ4n) is 4.05. The lowest BCUT2D eigenvalue weighted by molar-refractivity contribution is -0.115. The molecule has 0 bridgehead atoms. The SMILES string of the molecule is CS(=O)(=O)CCC(=O)Nc1ccc(N2CCN(C3CCCCC3)CC2)cc1. The van der Waals surface area contributed by atoms with Crippen LogP contribution in [0.2, 0.25) is 0 Å². The zero-order chi connectivity index (χ0) is 19.3. The standard InChI is InChI=1S/C20H31N3O3S/c1-27(25,26)16-11-20(24)21-17-7-9-19(10-8-17)23-14-12-22(13-15-23)18-5-3-2-4-6-18/h7-10,18H,2-6,11-16H2,1H3,(H,21,24). The van der Waals surface area contributed by atoms with Crippen molar-refractivity contribution < 1.29 is 13.2 Å². The summed E-state index contributed by atoms with van der Waals surface area (Å²) in [4.78, 5) is 16.9. The van der Waals surface area contributed by atoms with E-state index in [2.05, 4.69) is 15.1 Å². The van der Waals surface area contributed by atoms with Crippen molar-refractivity contribution in [3.63, 3.8) is 0 Å². The van der Waals surface area contributed by atoms with Crippen LogP contribution in [0.15, 0.2) is 24.3 Å². The van der Waals surface area contributed by atoms with Crippen molar-refractivity contribution in [2.45, 2.75) is 44.6 Å². The van der Waals surface area contributed by atoms with Gasteiger partial charge in [0.15, 0.2) is 0 Å². The molecule has 1 amide bonds. The zero-order valence-electron chi connectivity index (χ0n) is 16.2. The Morgan fingerprint density at radius 1 is 1.04 bits per heavy atom. The third-order valence-corrected chi connectivity index (χ3v) is 6.57. The molecule has 150 valence electrons. The highest BCUT2D eigenvalue weighted by Crippen LogP contribution is 2.25. The molecule has 3 rings (SSSR count). The number of carbonyl (C=O) groups excluding carboxylic acids is 1. The first-order valence-corrected chi connectivity index (χ1v) is 12.0. The van der Waals surface area contributed by atoms with Crippen molar-refractivity contribution >= 4 is 27.1 Å². The van der Waals surface area contributed by atoms with Crippen molar-refractivity contribution in [1.82, 2.24) is 4.90 Å². The second-order valence-electron chi connectivity index (χ2n) is 7.79. The smallest absolute Gasteiger partial charge is 0.225 e. The minimum atomic E-state index is -3.12. The van der Waals surface area contributed by atoms with Crippen LogP contribution in [0.1, 0.15) is 38.5 Å². The van der Waals surface area contributed by atoms with Gasteiger partial charge >= 0.3 is 0 Å². The van der Waals surface area contributed by atoms with Crippen LogP contribution >= 0.6 is 0 Å². The largest absolute Gasteiger partial charge is 0.369 e. The molecule has 0 atom stereocenters. The zero-order valence-corrected chi connectivity index (χ0v) is 17.0. The topological polar surface area (TPSA) is 69.7 Å². The van der Waals surface area contributed by atoms with Gasteiger partial charge in [-0.25, -0.2) is 8.42 Å². The number of anilines is 2. The third kappa shape index (κ3) is 6.21. The van der Waals surface area contributed by atoms with Crippen LogP contribution in [0.3, 0.4) is 0 Å². The van der Waals surface area contributed by atoms with Gasteiger partial charge in [-0.2, -0.15) is 0 Å². The predicted octanol–water partition coefficient (Wildman–Crippen LogP) is 2.51. The van der Waals surface area contributed by atoms with Gasteiger partial charge in [-0.1, -0.05) is 19.3 Å². The summed E-state index contributed by atoms with van der Waals surface area (Å²) in [6, 6.07) is 8.62. The van der Waals surface area contributed by atoms with Crippen LogP contribution < -0.4 is 10.2 Å². The van der Waals surface area contributed by atoms with E-state index in [0.717, 1.165) is 38.5 Å². The number of amides is 1. The minimum absolute atomic E-state index is 0.0102. The number of sulfone groups is 1. The van der Waals surface area contributed by atoms with Crippen LogP contribution in [0.5, 0.6) is 0 Å². The lowest BCUT2D eigenvalue weighted by atomic mass is 9.94. The molecule has 1 heterocycles. The average Bonchev–Trinajstić information content (AvgIpc) is 2.67. The fraction of sp³-hybridized carbons (Fsp3) is 0.650. The van der Waals surface area contributed by atoms with Crippen LogP contribution in [0.25, 0.3) is 0 Å². The van der Waals surface area contributed by atoms with Crippen molar-refractivity contribution in [3.05, 3.63) is 24.3 Å². The molecule has 7 heteroatoms. The number of nitrogens with zero attached hydrogens (tertiary/aromatic N) is 2. The predicted molar refractivity (Wildman–Crippen MR) is 110 cm³/mol. The fourth-order valence-corrected chi connectivity index (χ4v) is 4.60. The van der Waals surface area contributed by atoms with Gasteiger partial charge in [0.2, 0.25) is 5.91 Å². The third-order valence-electron chi connectivity index (χ3n) is 5.62. The Morgan fingerprint density at radius 2 is 1.67 bits per heavy atom. The molecule has 0 aromatic heterocycles. The van der Waals surface area contributed by atoms with E-state index in [9.17, 15) is 13.2 Å². The molecule has 1 saturated heterocycles. The molecule has 1 saturated carbocycles. The summed E-state index contributed by atoms with van der Waals surface area (Å²) >= 11 is 0. The lowest BCUT2D eigenvalue weighted by Crippen LogP contribution is -2.50. The van der Waals surface area contributed by atoms with Gasteiger partial charge in [0.25, 0.3) is 0 Å². The lowest BCUT2D eigenvalue weighted by Gasteiger charge is -2.41. The number of piperazine rings is 1. The van der Waals surface area contributed by atoms with E-state index >= 15 is 0 Å². The summed E-state index contributed by atoms with van der Waals surface area (Å²) in [5.41, 5.74) is 1.88. The molecule has 6 nitrogen and oxygen atoms in total. The van der Waals surface area contributed by atoms with Gasteiger partial charge < -0.3 is 10.2 Å². The molecule has 0 spiro atoms. The van der Waals surface area contributed by atoms with E-state index in [4.69, 9.17) is 0 Å². The maximum atomic E-state index is 11.8.